The minimum Gasteiger partial charge on any atom is -0.493 e. The summed E-state index contributed by atoms with van der Waals surface area (Å²) >= 11 is 0. The number of ether oxygens (including phenoxy) is 2. The molecule has 2 rings (SSSR count). The van der Waals surface area contributed by atoms with Gasteiger partial charge >= 0.3 is 12.6 Å². The van der Waals surface area contributed by atoms with Crippen molar-refractivity contribution in [2.24, 2.45) is 0 Å². The number of halogens is 2. The zero-order valence-corrected chi connectivity index (χ0v) is 12.5. The van der Waals surface area contributed by atoms with Gasteiger partial charge in [-0.2, -0.15) is 13.8 Å². The molecule has 1 heterocycles. The van der Waals surface area contributed by atoms with Crippen molar-refractivity contribution >= 4 is 6.01 Å². The van der Waals surface area contributed by atoms with Gasteiger partial charge in [0.05, 0.1) is 7.11 Å². The van der Waals surface area contributed by atoms with Gasteiger partial charge in [0.1, 0.15) is 0 Å². The average molecular weight is 313 g/mol. The smallest absolute Gasteiger partial charge is 0.387 e. The monoisotopic (exact) mass is 313 g/mol. The highest BCUT2D eigenvalue weighted by molar-refractivity contribution is 5.43. The third kappa shape index (κ3) is 4.06. The second-order valence-electron chi connectivity index (χ2n) is 4.83. The molecule has 0 amide bonds. The van der Waals surface area contributed by atoms with Crippen LogP contribution < -0.4 is 14.8 Å². The molecule has 1 aromatic carbocycles. The zero-order valence-electron chi connectivity index (χ0n) is 12.5. The predicted octanol–water partition coefficient (Wildman–Crippen LogP) is 3.42. The van der Waals surface area contributed by atoms with E-state index in [1.54, 1.807) is 12.1 Å². The van der Waals surface area contributed by atoms with Gasteiger partial charge in [-0.05, 0) is 17.7 Å². The second-order valence-corrected chi connectivity index (χ2v) is 4.83. The Bertz CT molecular complexity index is 617. The first-order valence-electron chi connectivity index (χ1n) is 6.68. The summed E-state index contributed by atoms with van der Waals surface area (Å²) in [7, 11) is 1.39. The highest BCUT2D eigenvalue weighted by atomic mass is 19.3. The van der Waals surface area contributed by atoms with Crippen molar-refractivity contribution in [3.63, 3.8) is 0 Å². The van der Waals surface area contributed by atoms with Gasteiger partial charge in [-0.25, -0.2) is 0 Å². The van der Waals surface area contributed by atoms with Crippen molar-refractivity contribution in [1.29, 1.82) is 0 Å². The van der Waals surface area contributed by atoms with E-state index in [-0.39, 0.29) is 23.4 Å². The number of methoxy groups -OCH3 is 1. The SMILES string of the molecule is COc1ccc(CNc2nc(C(C)C)no2)cc1OC(F)F. The molecule has 0 spiro atoms. The van der Waals surface area contributed by atoms with Gasteiger partial charge in [0, 0.05) is 12.5 Å². The summed E-state index contributed by atoms with van der Waals surface area (Å²) in [6.07, 6.45) is 0. The molecule has 0 bridgehead atoms. The Kier molecular flexibility index (Phi) is 5.13. The Balaban J connectivity index is 2.05. The van der Waals surface area contributed by atoms with Gasteiger partial charge in [0.2, 0.25) is 0 Å². The topological polar surface area (TPSA) is 69.4 Å². The average Bonchev–Trinajstić information content (AvgIpc) is 2.94. The van der Waals surface area contributed by atoms with E-state index in [1.807, 2.05) is 13.8 Å². The van der Waals surface area contributed by atoms with Crippen molar-refractivity contribution in [2.45, 2.75) is 32.9 Å². The van der Waals surface area contributed by atoms with Crippen LogP contribution in [0.25, 0.3) is 0 Å². The molecule has 2 aromatic rings. The van der Waals surface area contributed by atoms with Crippen LogP contribution in [0, 0.1) is 0 Å². The van der Waals surface area contributed by atoms with E-state index in [9.17, 15) is 8.78 Å². The van der Waals surface area contributed by atoms with E-state index in [2.05, 4.69) is 20.2 Å². The fourth-order valence-electron chi connectivity index (χ4n) is 1.74. The van der Waals surface area contributed by atoms with Crippen LogP contribution in [0.3, 0.4) is 0 Å². The predicted molar refractivity (Wildman–Crippen MR) is 75.3 cm³/mol. The van der Waals surface area contributed by atoms with Crippen LogP contribution >= 0.6 is 0 Å². The van der Waals surface area contributed by atoms with Gasteiger partial charge in [0.15, 0.2) is 17.3 Å². The Morgan fingerprint density at radius 3 is 2.64 bits per heavy atom. The number of rotatable bonds is 7. The van der Waals surface area contributed by atoms with Crippen molar-refractivity contribution in [1.82, 2.24) is 10.1 Å². The molecular weight excluding hydrogens is 296 g/mol. The maximum Gasteiger partial charge on any atom is 0.387 e. The van der Waals surface area contributed by atoms with Gasteiger partial charge in [0.25, 0.3) is 0 Å². The Morgan fingerprint density at radius 1 is 1.27 bits per heavy atom. The van der Waals surface area contributed by atoms with Crippen LogP contribution in [0.15, 0.2) is 22.7 Å². The molecule has 0 unspecified atom stereocenters. The number of hydrogen-bond acceptors (Lipinski definition) is 6. The zero-order chi connectivity index (χ0) is 16.1. The molecular formula is C14H17F2N3O3. The molecule has 0 radical (unpaired) electrons. The second kappa shape index (κ2) is 7.06. The number of hydrogen-bond donors (Lipinski definition) is 1. The first kappa shape index (κ1) is 16.0. The molecule has 0 aliphatic heterocycles. The molecule has 0 aliphatic rings. The fraction of sp³-hybridized carbons (Fsp3) is 0.429. The first-order valence-corrected chi connectivity index (χ1v) is 6.68. The summed E-state index contributed by atoms with van der Waals surface area (Å²) < 4.78 is 39.2. The maximum absolute atomic E-state index is 12.4. The Morgan fingerprint density at radius 2 is 2.05 bits per heavy atom. The quantitative estimate of drug-likeness (QED) is 0.844. The van der Waals surface area contributed by atoms with Crippen LogP contribution in [-0.2, 0) is 6.54 Å². The van der Waals surface area contributed by atoms with Gasteiger partial charge < -0.3 is 19.3 Å². The van der Waals surface area contributed by atoms with Crippen LogP contribution in [0.4, 0.5) is 14.8 Å². The highest BCUT2D eigenvalue weighted by Crippen LogP contribution is 2.29. The van der Waals surface area contributed by atoms with Crippen molar-refractivity contribution in [2.75, 3.05) is 12.4 Å². The summed E-state index contributed by atoms with van der Waals surface area (Å²) in [5, 5.41) is 6.75. The Hall–Kier alpha value is -2.38. The minimum absolute atomic E-state index is 0.0230. The lowest BCUT2D eigenvalue weighted by atomic mass is 10.2. The van der Waals surface area contributed by atoms with Crippen molar-refractivity contribution in [3.05, 3.63) is 29.6 Å². The van der Waals surface area contributed by atoms with Crippen molar-refractivity contribution < 1.29 is 22.8 Å². The molecule has 8 heteroatoms. The first-order chi connectivity index (χ1) is 10.5. The van der Waals surface area contributed by atoms with E-state index in [1.165, 1.54) is 13.2 Å². The third-order valence-electron chi connectivity index (χ3n) is 2.85. The summed E-state index contributed by atoms with van der Waals surface area (Å²) in [5.41, 5.74) is 0.709. The summed E-state index contributed by atoms with van der Waals surface area (Å²) in [6, 6.07) is 5.03. The number of nitrogens with zero attached hydrogens (tertiary/aromatic N) is 2. The molecule has 0 atom stereocenters. The van der Waals surface area contributed by atoms with Gasteiger partial charge in [-0.1, -0.05) is 25.1 Å². The molecule has 22 heavy (non-hydrogen) atoms. The van der Waals surface area contributed by atoms with E-state index in [0.29, 0.717) is 17.9 Å². The maximum atomic E-state index is 12.4. The molecule has 0 aliphatic carbocycles. The lowest BCUT2D eigenvalue weighted by molar-refractivity contribution is -0.0512. The minimum atomic E-state index is -2.92. The van der Waals surface area contributed by atoms with Crippen LogP contribution in [-0.4, -0.2) is 23.9 Å². The standard InChI is InChI=1S/C14H17F2N3O3/c1-8(2)12-18-14(22-19-12)17-7-9-4-5-10(20-3)11(6-9)21-13(15)16/h4-6,8,13H,7H2,1-3H3,(H,17,18,19). The highest BCUT2D eigenvalue weighted by Gasteiger charge is 2.12. The lowest BCUT2D eigenvalue weighted by Crippen LogP contribution is -2.05. The van der Waals surface area contributed by atoms with Crippen LogP contribution in [0.5, 0.6) is 11.5 Å². The van der Waals surface area contributed by atoms with E-state index in [0.717, 1.165) is 0 Å². The molecule has 6 nitrogen and oxygen atoms in total. The van der Waals surface area contributed by atoms with E-state index >= 15 is 0 Å². The summed E-state index contributed by atoms with van der Waals surface area (Å²) in [4.78, 5) is 4.16. The molecule has 1 N–H and O–H groups in total. The van der Waals surface area contributed by atoms with E-state index < -0.39 is 6.61 Å². The number of nitrogens with one attached hydrogen (secondary N) is 1. The summed E-state index contributed by atoms with van der Waals surface area (Å²) in [5.74, 6) is 0.972. The van der Waals surface area contributed by atoms with Gasteiger partial charge in [-0.15, -0.1) is 0 Å². The third-order valence-corrected chi connectivity index (χ3v) is 2.85. The molecule has 120 valence electrons. The number of aromatic nitrogens is 2. The lowest BCUT2D eigenvalue weighted by Gasteiger charge is -2.11. The van der Waals surface area contributed by atoms with Gasteiger partial charge in [-0.3, -0.25) is 0 Å². The molecule has 1 aromatic heterocycles. The van der Waals surface area contributed by atoms with Crippen LogP contribution in [0.2, 0.25) is 0 Å². The Labute approximate surface area is 126 Å². The van der Waals surface area contributed by atoms with Crippen molar-refractivity contribution in [3.8, 4) is 11.5 Å². The largest absolute Gasteiger partial charge is 0.493 e. The molecule has 0 fully saturated rings. The van der Waals surface area contributed by atoms with Crippen LogP contribution in [0.1, 0.15) is 31.2 Å². The molecule has 0 saturated carbocycles. The fourth-order valence-corrected chi connectivity index (χ4v) is 1.74. The summed E-state index contributed by atoms with van der Waals surface area (Å²) in [6.45, 7) is 1.31. The number of benzene rings is 1. The van der Waals surface area contributed by atoms with E-state index in [4.69, 9.17) is 9.26 Å². The number of alkyl halides is 2. The normalized spacial score (nSPS) is 11.0. The number of anilines is 1. The molecule has 0 saturated heterocycles.